The van der Waals surface area contributed by atoms with Crippen molar-refractivity contribution in [2.75, 3.05) is 56.2 Å². The molecule has 3 aliphatic rings. The summed E-state index contributed by atoms with van der Waals surface area (Å²) in [6, 6.07) is 9.14. The topological polar surface area (TPSA) is 71.0 Å². The van der Waals surface area contributed by atoms with Crippen LogP contribution in [0.15, 0.2) is 30.3 Å². The van der Waals surface area contributed by atoms with Crippen LogP contribution in [0.4, 0.5) is 16.3 Å². The molecule has 9 heteroatoms. The zero-order chi connectivity index (χ0) is 19.3. The Labute approximate surface area is 167 Å². The third-order valence-electron chi connectivity index (χ3n) is 5.55. The number of urea groups is 1. The number of methoxy groups -OCH3 is 1. The fourth-order valence-corrected chi connectivity index (χ4v) is 4.34. The Bertz CT molecular complexity index is 908. The number of nitrogens with zero attached hydrogens (tertiary/aromatic N) is 5. The molecule has 0 radical (unpaired) electrons. The Morgan fingerprint density at radius 2 is 2.00 bits per heavy atom. The van der Waals surface area contributed by atoms with E-state index in [1.165, 1.54) is 0 Å². The highest BCUT2D eigenvalue weighted by Gasteiger charge is 2.54. The molecule has 3 aliphatic heterocycles. The quantitative estimate of drug-likeness (QED) is 0.768. The summed E-state index contributed by atoms with van der Waals surface area (Å²) in [5.41, 5.74) is 0.942. The number of hydrogen-bond acceptors (Lipinski definition) is 6. The van der Waals surface area contributed by atoms with Gasteiger partial charge in [-0.2, -0.15) is 0 Å². The summed E-state index contributed by atoms with van der Waals surface area (Å²) in [4.78, 5) is 18.9. The van der Waals surface area contributed by atoms with E-state index in [9.17, 15) is 4.79 Å². The van der Waals surface area contributed by atoms with Crippen LogP contribution in [0, 0.1) is 5.41 Å². The molecule has 4 heterocycles. The van der Waals surface area contributed by atoms with Crippen molar-refractivity contribution in [3.63, 3.8) is 0 Å². The molecule has 0 unspecified atom stereocenters. The third-order valence-corrected chi connectivity index (χ3v) is 5.79. The van der Waals surface area contributed by atoms with Crippen molar-refractivity contribution >= 4 is 29.1 Å². The smallest absolute Gasteiger partial charge is 0.324 e. The first-order chi connectivity index (χ1) is 13.6. The van der Waals surface area contributed by atoms with Gasteiger partial charge in [-0.1, -0.05) is 11.6 Å². The minimum Gasteiger partial charge on any atom is -0.489 e. The Morgan fingerprint density at radius 1 is 1.18 bits per heavy atom. The van der Waals surface area contributed by atoms with Crippen LogP contribution in [0.2, 0.25) is 5.02 Å². The zero-order valence-electron chi connectivity index (χ0n) is 15.5. The van der Waals surface area contributed by atoms with Crippen LogP contribution in [0.1, 0.15) is 0 Å². The van der Waals surface area contributed by atoms with E-state index >= 15 is 0 Å². The molecule has 146 valence electrons. The van der Waals surface area contributed by atoms with E-state index in [0.717, 1.165) is 37.7 Å². The number of halogens is 1. The van der Waals surface area contributed by atoms with Crippen LogP contribution in [-0.4, -0.2) is 67.6 Å². The molecule has 0 saturated carbocycles. The number of carbonyl (C=O) groups is 1. The van der Waals surface area contributed by atoms with Crippen molar-refractivity contribution < 1.29 is 14.3 Å². The van der Waals surface area contributed by atoms with Gasteiger partial charge in [0.2, 0.25) is 5.88 Å². The van der Waals surface area contributed by atoms with Gasteiger partial charge in [-0.3, -0.25) is 4.90 Å². The number of benzene rings is 1. The Morgan fingerprint density at radius 3 is 2.71 bits per heavy atom. The van der Waals surface area contributed by atoms with Gasteiger partial charge < -0.3 is 19.3 Å². The maximum atomic E-state index is 13.0. The lowest BCUT2D eigenvalue weighted by atomic mass is 9.73. The first kappa shape index (κ1) is 17.4. The van der Waals surface area contributed by atoms with Gasteiger partial charge in [0.25, 0.3) is 0 Å². The lowest BCUT2D eigenvalue weighted by molar-refractivity contribution is 0.00919. The number of hydrogen-bond donors (Lipinski definition) is 0. The molecule has 0 N–H and O–H groups in total. The maximum Gasteiger partial charge on any atom is 0.324 e. The summed E-state index contributed by atoms with van der Waals surface area (Å²) in [5, 5.41) is 8.81. The van der Waals surface area contributed by atoms with Crippen molar-refractivity contribution in [3.05, 3.63) is 35.4 Å². The molecule has 1 aromatic carbocycles. The van der Waals surface area contributed by atoms with Crippen LogP contribution in [-0.2, 0) is 0 Å². The molecule has 5 rings (SSSR count). The second kappa shape index (κ2) is 6.41. The van der Waals surface area contributed by atoms with Crippen LogP contribution in [0.25, 0.3) is 0 Å². The van der Waals surface area contributed by atoms with Crippen LogP contribution >= 0.6 is 11.6 Å². The van der Waals surface area contributed by atoms with Gasteiger partial charge >= 0.3 is 6.03 Å². The van der Waals surface area contributed by atoms with Crippen molar-refractivity contribution in [2.24, 2.45) is 5.41 Å². The number of fused-ring (bicyclic) bond motifs is 1. The summed E-state index contributed by atoms with van der Waals surface area (Å²) in [7, 11) is 1.57. The van der Waals surface area contributed by atoms with E-state index < -0.39 is 0 Å². The number of likely N-dealkylation sites (tertiary alicyclic amines) is 1. The molecule has 2 fully saturated rings. The highest BCUT2D eigenvalue weighted by molar-refractivity contribution is 6.30. The van der Waals surface area contributed by atoms with Crippen molar-refractivity contribution in [1.29, 1.82) is 0 Å². The van der Waals surface area contributed by atoms with Gasteiger partial charge in [0.1, 0.15) is 12.4 Å². The van der Waals surface area contributed by atoms with E-state index in [0.29, 0.717) is 29.8 Å². The monoisotopic (exact) mass is 401 g/mol. The van der Waals surface area contributed by atoms with Gasteiger partial charge in [0, 0.05) is 48.7 Å². The van der Waals surface area contributed by atoms with E-state index in [1.807, 2.05) is 23.1 Å². The lowest BCUT2D eigenvalue weighted by Crippen LogP contribution is -2.74. The molecule has 2 amide bonds. The molecule has 0 aliphatic carbocycles. The van der Waals surface area contributed by atoms with E-state index in [-0.39, 0.29) is 11.4 Å². The number of carbonyl (C=O) groups excluding carboxylic acids is 1. The van der Waals surface area contributed by atoms with Gasteiger partial charge in [-0.15, -0.1) is 10.2 Å². The van der Waals surface area contributed by atoms with E-state index in [1.54, 1.807) is 24.1 Å². The molecule has 1 spiro atoms. The first-order valence-electron chi connectivity index (χ1n) is 9.18. The molecule has 0 atom stereocenters. The summed E-state index contributed by atoms with van der Waals surface area (Å²) in [5.74, 6) is 2.01. The average molecular weight is 402 g/mol. The minimum atomic E-state index is 0.0280. The van der Waals surface area contributed by atoms with E-state index in [2.05, 4.69) is 15.1 Å². The minimum absolute atomic E-state index is 0.0280. The normalized spacial score (nSPS) is 19.4. The summed E-state index contributed by atoms with van der Waals surface area (Å²) in [6.07, 6.45) is 0. The van der Waals surface area contributed by atoms with Crippen LogP contribution < -0.4 is 19.3 Å². The molecule has 2 saturated heterocycles. The third kappa shape index (κ3) is 2.79. The van der Waals surface area contributed by atoms with Crippen molar-refractivity contribution in [2.45, 2.75) is 0 Å². The second-order valence-electron chi connectivity index (χ2n) is 7.54. The molecule has 8 nitrogen and oxygen atoms in total. The van der Waals surface area contributed by atoms with Crippen LogP contribution in [0.3, 0.4) is 0 Å². The summed E-state index contributed by atoms with van der Waals surface area (Å²) < 4.78 is 10.7. The SMILES string of the molecule is COc1ccc(N2CC3(CN(C(=O)N4CCOc5cc(Cl)ccc54)C3)C2)nn1. The first-order valence-corrected chi connectivity index (χ1v) is 9.56. The summed E-state index contributed by atoms with van der Waals surface area (Å²) >= 11 is 6.03. The molecule has 28 heavy (non-hydrogen) atoms. The number of anilines is 2. The summed E-state index contributed by atoms with van der Waals surface area (Å²) in [6.45, 7) is 4.30. The number of ether oxygens (including phenoxy) is 2. The average Bonchev–Trinajstić information content (AvgIpc) is 2.65. The van der Waals surface area contributed by atoms with Gasteiger partial charge in [-0.25, -0.2) is 4.79 Å². The zero-order valence-corrected chi connectivity index (χ0v) is 16.2. The van der Waals surface area contributed by atoms with Crippen molar-refractivity contribution in [3.8, 4) is 11.6 Å². The Hall–Kier alpha value is -2.74. The second-order valence-corrected chi connectivity index (χ2v) is 7.98. The largest absolute Gasteiger partial charge is 0.489 e. The van der Waals surface area contributed by atoms with Gasteiger partial charge in [0.15, 0.2) is 5.82 Å². The fourth-order valence-electron chi connectivity index (χ4n) is 4.18. The molecular weight excluding hydrogens is 382 g/mol. The lowest BCUT2D eigenvalue weighted by Gasteiger charge is -2.60. The Balaban J connectivity index is 1.21. The molecule has 0 bridgehead atoms. The number of amides is 2. The van der Waals surface area contributed by atoms with Gasteiger partial charge in [0.05, 0.1) is 19.3 Å². The maximum absolute atomic E-state index is 13.0. The predicted octanol–water partition coefficient (Wildman–Crippen LogP) is 2.28. The number of aromatic nitrogens is 2. The Kier molecular flexibility index (Phi) is 3.97. The van der Waals surface area contributed by atoms with Crippen molar-refractivity contribution in [1.82, 2.24) is 15.1 Å². The molecule has 2 aromatic rings. The molecule has 1 aromatic heterocycles. The van der Waals surface area contributed by atoms with E-state index in [4.69, 9.17) is 21.1 Å². The van der Waals surface area contributed by atoms with Gasteiger partial charge in [-0.05, 0) is 18.2 Å². The fraction of sp³-hybridized carbons (Fsp3) is 0.421. The number of rotatable bonds is 2. The highest BCUT2D eigenvalue weighted by atomic mass is 35.5. The van der Waals surface area contributed by atoms with Crippen LogP contribution in [0.5, 0.6) is 11.6 Å². The standard InChI is InChI=1S/C19H20ClN5O3/c1-27-17-5-4-16(21-22-17)23-9-19(10-23)11-24(12-19)18(26)25-6-7-28-15-8-13(20)2-3-14(15)25/h2-5,8H,6-7,9-12H2,1H3. The highest BCUT2D eigenvalue weighted by Crippen LogP contribution is 2.43. The molecular formula is C19H20ClN5O3. The predicted molar refractivity (Wildman–Crippen MR) is 104 cm³/mol.